The molecule has 4 aliphatic rings. The highest BCUT2D eigenvalue weighted by atomic mass is 32.2. The van der Waals surface area contributed by atoms with Crippen molar-refractivity contribution in [1.82, 2.24) is 0 Å². The van der Waals surface area contributed by atoms with E-state index in [-0.39, 0.29) is 34.4 Å². The first-order valence-corrected chi connectivity index (χ1v) is 23.7. The molecular weight excluding hydrogens is 961 g/mol. The Morgan fingerprint density at radius 1 is 0.507 bits per heavy atom. The number of nitrogens with one attached hydrogen (secondary N) is 2. The van der Waals surface area contributed by atoms with Gasteiger partial charge >= 0.3 is 0 Å². The van der Waals surface area contributed by atoms with Crippen LogP contribution >= 0.6 is 23.5 Å². The lowest BCUT2D eigenvalue weighted by Gasteiger charge is -2.55. The van der Waals surface area contributed by atoms with Crippen LogP contribution in [0.25, 0.3) is 0 Å². The monoisotopic (exact) mass is 1020 g/mol. The zero-order valence-electron chi connectivity index (χ0n) is 36.9. The molecule has 0 radical (unpaired) electrons. The highest BCUT2D eigenvalue weighted by Gasteiger charge is 2.67. The molecule has 18 atom stereocenters. The summed E-state index contributed by atoms with van der Waals surface area (Å²) in [6.45, 7) is -4.79. The number of ether oxygens (including phenoxy) is 4. The molecule has 0 spiro atoms. The minimum Gasteiger partial charge on any atom is -0.394 e. The third kappa shape index (κ3) is 11.4. The van der Waals surface area contributed by atoms with Gasteiger partial charge in [-0.1, -0.05) is 29.9 Å². The second-order valence-corrected chi connectivity index (χ2v) is 20.3. The van der Waals surface area contributed by atoms with Crippen molar-refractivity contribution >= 4 is 46.7 Å². The number of carbonyl (C=O) groups excluding carboxylic acids is 2. The van der Waals surface area contributed by atoms with Crippen molar-refractivity contribution in [3.05, 3.63) is 48.5 Å². The minimum absolute atomic E-state index is 0.110. The van der Waals surface area contributed by atoms with Gasteiger partial charge in [-0.3, -0.25) is 9.59 Å². The van der Waals surface area contributed by atoms with E-state index in [1.807, 2.05) is 0 Å². The molecular formula is C43H62N2O22S2. The Hall–Kier alpha value is -2.72. The average Bonchev–Trinajstić information content (AvgIpc) is 3.32. The van der Waals surface area contributed by atoms with Gasteiger partial charge in [0.2, 0.25) is 11.8 Å². The van der Waals surface area contributed by atoms with Crippen LogP contribution in [0, 0.1) is 0 Å². The fourth-order valence-corrected chi connectivity index (χ4v) is 11.3. The van der Waals surface area contributed by atoms with Gasteiger partial charge in [-0.05, 0) is 61.4 Å². The number of benzene rings is 2. The van der Waals surface area contributed by atoms with Gasteiger partial charge in [-0.25, -0.2) is 0 Å². The van der Waals surface area contributed by atoms with Crippen molar-refractivity contribution in [2.45, 2.75) is 148 Å². The van der Waals surface area contributed by atoms with Crippen LogP contribution in [0.2, 0.25) is 0 Å². The Morgan fingerprint density at radius 2 is 0.855 bits per heavy atom. The van der Waals surface area contributed by atoms with Gasteiger partial charge < -0.3 is 111 Å². The average molecular weight is 1020 g/mol. The number of hydrogen-bond acceptors (Lipinski definition) is 24. The molecule has 24 nitrogen and oxygen atoms in total. The second-order valence-electron chi connectivity index (χ2n) is 17.7. The molecule has 4 saturated heterocycles. The van der Waals surface area contributed by atoms with Crippen molar-refractivity contribution in [2.75, 3.05) is 50.3 Å². The Labute approximate surface area is 403 Å². The molecule has 0 saturated carbocycles. The number of hydrogen-bond donors (Lipinski definition) is 18. The maximum absolute atomic E-state index is 12.7. The predicted octanol–water partition coefficient (Wildman–Crippen LogP) is -5.57. The summed E-state index contributed by atoms with van der Waals surface area (Å²) >= 11 is 1.19. The number of unbranched alkanes of at least 4 members (excludes halogenated alkanes) is 2. The number of rotatable bonds is 18. The molecule has 4 fully saturated rings. The summed E-state index contributed by atoms with van der Waals surface area (Å²) < 4.78 is 21.9. The molecule has 18 N–H and O–H groups in total. The Bertz CT molecular complexity index is 1870. The van der Waals surface area contributed by atoms with Gasteiger partial charge in [0, 0.05) is 34.0 Å². The zero-order valence-corrected chi connectivity index (χ0v) is 38.5. The summed E-state index contributed by atoms with van der Waals surface area (Å²) in [6.07, 6.45) is -23.5. The van der Waals surface area contributed by atoms with E-state index < -0.39 is 146 Å². The smallest absolute Gasteiger partial charge is 0.224 e. The minimum atomic E-state index is -2.60. The first kappa shape index (κ1) is 55.6. The first-order chi connectivity index (χ1) is 32.6. The van der Waals surface area contributed by atoms with Crippen LogP contribution in [0.5, 0.6) is 0 Å². The van der Waals surface area contributed by atoms with E-state index >= 15 is 0 Å². The highest BCUT2D eigenvalue weighted by Crippen LogP contribution is 2.49. The third-order valence-electron chi connectivity index (χ3n) is 12.9. The second kappa shape index (κ2) is 23.0. The summed E-state index contributed by atoms with van der Waals surface area (Å²) in [4.78, 5) is 21.1. The summed E-state index contributed by atoms with van der Waals surface area (Å²) in [7, 11) is 0. The SMILES string of the molecule is O=C(CCCCCC(=O)Nc1ccc(S[C@@]2(O)[C@H](O)[C@](O)([C@@H]3O[C@H](CO)[C@@H](O)[C@H](O)[C@H]3O)CO[C@@H]2CO)cc1)Nc1ccc(S[C@@]2(O)[C@H](O)[C@](O)([C@@H]3O[C@H](CO)[C@@H](O)[C@H](O)[C@H]3O)CO[C@@H]2CO)cc1. The number of carbonyl (C=O) groups is 2. The van der Waals surface area contributed by atoms with E-state index in [1.54, 1.807) is 0 Å². The van der Waals surface area contributed by atoms with Crippen LogP contribution < -0.4 is 10.6 Å². The van der Waals surface area contributed by atoms with Gasteiger partial charge in [0.15, 0.2) is 9.87 Å². The molecule has 69 heavy (non-hydrogen) atoms. The van der Waals surface area contributed by atoms with Gasteiger partial charge in [-0.2, -0.15) is 0 Å². The van der Waals surface area contributed by atoms with Crippen LogP contribution in [0.1, 0.15) is 32.1 Å². The lowest BCUT2D eigenvalue weighted by Crippen LogP contribution is -2.76. The molecule has 0 aromatic heterocycles. The maximum atomic E-state index is 12.7. The predicted molar refractivity (Wildman–Crippen MR) is 238 cm³/mol. The molecule has 0 bridgehead atoms. The molecule has 4 heterocycles. The number of amides is 2. The molecule has 2 amide bonds. The fraction of sp³-hybridized carbons (Fsp3) is 0.674. The summed E-state index contributed by atoms with van der Waals surface area (Å²) in [5, 5.41) is 176. The number of aliphatic hydroxyl groups excluding tert-OH is 12. The summed E-state index contributed by atoms with van der Waals surface area (Å²) in [6, 6.07) is 11.9. The van der Waals surface area contributed by atoms with Crippen LogP contribution in [0.15, 0.2) is 58.3 Å². The van der Waals surface area contributed by atoms with E-state index in [1.165, 1.54) is 48.5 Å². The van der Waals surface area contributed by atoms with Crippen molar-refractivity contribution < 1.29 is 110 Å². The van der Waals surface area contributed by atoms with Gasteiger partial charge in [0.05, 0.1) is 39.6 Å². The van der Waals surface area contributed by atoms with Gasteiger partial charge in [-0.15, -0.1) is 0 Å². The van der Waals surface area contributed by atoms with Crippen LogP contribution in [0.3, 0.4) is 0 Å². The highest BCUT2D eigenvalue weighted by molar-refractivity contribution is 8.00. The molecule has 4 aliphatic heterocycles. The Kier molecular flexibility index (Phi) is 18.5. The van der Waals surface area contributed by atoms with Gasteiger partial charge in [0.25, 0.3) is 0 Å². The number of thioether (sulfide) groups is 2. The van der Waals surface area contributed by atoms with E-state index in [0.29, 0.717) is 54.2 Å². The van der Waals surface area contributed by atoms with Gasteiger partial charge in [0.1, 0.15) is 96.7 Å². The van der Waals surface area contributed by atoms with Crippen molar-refractivity contribution in [3.8, 4) is 0 Å². The third-order valence-corrected chi connectivity index (χ3v) is 15.6. The summed E-state index contributed by atoms with van der Waals surface area (Å²) in [5.41, 5.74) is -4.46. The lowest BCUT2D eigenvalue weighted by molar-refractivity contribution is -0.328. The number of aliphatic hydroxyl groups is 16. The largest absolute Gasteiger partial charge is 0.394 e. The lowest BCUT2D eigenvalue weighted by atomic mass is 9.77. The van der Waals surface area contributed by atoms with Crippen LogP contribution in [-0.4, -0.2) is 240 Å². The van der Waals surface area contributed by atoms with Crippen LogP contribution in [0.4, 0.5) is 11.4 Å². The molecule has 26 heteroatoms. The maximum Gasteiger partial charge on any atom is 0.224 e. The first-order valence-electron chi connectivity index (χ1n) is 22.1. The standard InChI is InChI=1S/C43H62N2O22S2/c46-14-24-30(52)32(54)34(56)36(66-24)40(60)18-64-26(16-48)42(62,38(40)58)68-22-10-6-20(7-11-22)44-28(50)4-2-1-3-5-29(51)45-21-8-12-23(13-9-21)69-43(63)27(17-49)65-19-41(61,39(43)59)37-35(57)33(55)31(53)25(15-47)67-37/h6-13,24-27,30-39,46-49,52-63H,1-5,14-19H2,(H,44,50)(H,45,51)/t24-,25-,26-,27-,30-,31-,32+,33+,34-,35-,36-,37-,38-,39-,40-,41-,42-,43-/m1/s1. The van der Waals surface area contributed by atoms with Crippen molar-refractivity contribution in [3.63, 3.8) is 0 Å². The Morgan fingerprint density at radius 3 is 1.17 bits per heavy atom. The Balaban J connectivity index is 0.946. The fourth-order valence-electron chi connectivity index (χ4n) is 8.83. The van der Waals surface area contributed by atoms with Crippen molar-refractivity contribution in [1.29, 1.82) is 0 Å². The molecule has 388 valence electrons. The van der Waals surface area contributed by atoms with Crippen molar-refractivity contribution in [2.24, 2.45) is 0 Å². The number of anilines is 2. The van der Waals surface area contributed by atoms with E-state index in [4.69, 9.17) is 18.9 Å². The summed E-state index contributed by atoms with van der Waals surface area (Å²) in [5.74, 6) is -0.670. The molecule has 0 unspecified atom stereocenters. The molecule has 2 aromatic rings. The molecule has 0 aliphatic carbocycles. The normalized spacial score (nSPS) is 40.5. The van der Waals surface area contributed by atoms with E-state index in [2.05, 4.69) is 10.6 Å². The topological polar surface area (TPSA) is 419 Å². The molecule has 6 rings (SSSR count). The van der Waals surface area contributed by atoms with E-state index in [9.17, 15) is 91.3 Å². The van der Waals surface area contributed by atoms with E-state index in [0.717, 1.165) is 0 Å². The van der Waals surface area contributed by atoms with Crippen LogP contribution in [-0.2, 0) is 28.5 Å². The zero-order chi connectivity index (χ0) is 50.6. The molecule has 2 aromatic carbocycles. The quantitative estimate of drug-likeness (QED) is 0.0489.